The number of aromatic nitrogens is 1. The van der Waals surface area contributed by atoms with E-state index in [0.717, 1.165) is 15.6 Å². The monoisotopic (exact) mass is 251 g/mol. The molecule has 0 fully saturated rings. The largest absolute Gasteiger partial charge is 0.263 e. The molecule has 0 aliphatic heterocycles. The highest BCUT2D eigenvalue weighted by atomic mass is 79.9. The molecule has 0 radical (unpaired) electrons. The van der Waals surface area contributed by atoms with Crippen LogP contribution in [-0.2, 0) is 0 Å². The van der Waals surface area contributed by atoms with E-state index < -0.39 is 0 Å². The standard InChI is InChI=1S/C11H7BrFN/c12-10-4-9(6-14-7-10)8-2-1-3-11(13)5-8/h1-7H. The van der Waals surface area contributed by atoms with Gasteiger partial charge in [0.05, 0.1) is 0 Å². The van der Waals surface area contributed by atoms with Crippen LogP contribution in [0.15, 0.2) is 47.2 Å². The second-order valence-corrected chi connectivity index (χ2v) is 3.82. The maximum Gasteiger partial charge on any atom is 0.123 e. The van der Waals surface area contributed by atoms with Gasteiger partial charge in [0, 0.05) is 22.4 Å². The van der Waals surface area contributed by atoms with Gasteiger partial charge in [0.1, 0.15) is 5.82 Å². The Morgan fingerprint density at radius 3 is 2.64 bits per heavy atom. The molecule has 2 rings (SSSR count). The van der Waals surface area contributed by atoms with Crippen molar-refractivity contribution in [1.82, 2.24) is 4.98 Å². The van der Waals surface area contributed by atoms with Gasteiger partial charge in [0.15, 0.2) is 0 Å². The second kappa shape index (κ2) is 3.88. The van der Waals surface area contributed by atoms with Crippen molar-refractivity contribution in [3.8, 4) is 11.1 Å². The van der Waals surface area contributed by atoms with E-state index in [0.29, 0.717) is 0 Å². The molecule has 0 spiro atoms. The predicted molar refractivity (Wildman–Crippen MR) is 57.3 cm³/mol. The first-order valence-corrected chi connectivity index (χ1v) is 4.91. The summed E-state index contributed by atoms with van der Waals surface area (Å²) in [6.07, 6.45) is 3.41. The SMILES string of the molecule is Fc1cccc(-c2cncc(Br)c2)c1. The van der Waals surface area contributed by atoms with E-state index in [1.165, 1.54) is 12.1 Å². The van der Waals surface area contributed by atoms with Crippen LogP contribution in [0.2, 0.25) is 0 Å². The first kappa shape index (κ1) is 9.34. The van der Waals surface area contributed by atoms with E-state index in [4.69, 9.17) is 0 Å². The van der Waals surface area contributed by atoms with Crippen molar-refractivity contribution < 1.29 is 4.39 Å². The number of pyridine rings is 1. The Hall–Kier alpha value is -1.22. The number of nitrogens with zero attached hydrogens (tertiary/aromatic N) is 1. The Kier molecular flexibility index (Phi) is 2.59. The van der Waals surface area contributed by atoms with Crippen LogP contribution in [0, 0.1) is 5.82 Å². The minimum atomic E-state index is -0.234. The molecule has 0 aliphatic rings. The number of halogens is 2. The lowest BCUT2D eigenvalue weighted by atomic mass is 10.1. The summed E-state index contributed by atoms with van der Waals surface area (Å²) in [6, 6.07) is 8.36. The molecule has 0 unspecified atom stereocenters. The smallest absolute Gasteiger partial charge is 0.123 e. The fourth-order valence-electron chi connectivity index (χ4n) is 1.24. The van der Waals surface area contributed by atoms with Crippen LogP contribution in [0.5, 0.6) is 0 Å². The number of rotatable bonds is 1. The topological polar surface area (TPSA) is 12.9 Å². The molecule has 1 aromatic heterocycles. The first-order valence-electron chi connectivity index (χ1n) is 4.12. The molecule has 14 heavy (non-hydrogen) atoms. The van der Waals surface area contributed by atoms with E-state index in [2.05, 4.69) is 20.9 Å². The highest BCUT2D eigenvalue weighted by Gasteiger charge is 1.99. The van der Waals surface area contributed by atoms with Crippen LogP contribution in [0.25, 0.3) is 11.1 Å². The Morgan fingerprint density at radius 1 is 1.07 bits per heavy atom. The zero-order valence-electron chi connectivity index (χ0n) is 7.24. The van der Waals surface area contributed by atoms with Gasteiger partial charge in [0.25, 0.3) is 0 Å². The summed E-state index contributed by atoms with van der Waals surface area (Å²) < 4.78 is 13.8. The molecule has 70 valence electrons. The van der Waals surface area contributed by atoms with Gasteiger partial charge in [-0.15, -0.1) is 0 Å². The van der Waals surface area contributed by atoms with Gasteiger partial charge in [-0.05, 0) is 39.7 Å². The van der Waals surface area contributed by atoms with E-state index in [1.54, 1.807) is 18.5 Å². The molecule has 1 nitrogen and oxygen atoms in total. The quantitative estimate of drug-likeness (QED) is 0.754. The fraction of sp³-hybridized carbons (Fsp3) is 0. The summed E-state index contributed by atoms with van der Waals surface area (Å²) in [5.74, 6) is -0.234. The molecule has 3 heteroatoms. The Labute approximate surface area is 89.7 Å². The van der Waals surface area contributed by atoms with E-state index >= 15 is 0 Å². The molecule has 2 aromatic rings. The van der Waals surface area contributed by atoms with Crippen molar-refractivity contribution in [3.05, 3.63) is 53.0 Å². The summed E-state index contributed by atoms with van der Waals surface area (Å²) in [7, 11) is 0. The molecular formula is C11H7BrFN. The molecular weight excluding hydrogens is 245 g/mol. The molecule has 0 aliphatic carbocycles. The summed E-state index contributed by atoms with van der Waals surface area (Å²) in [6.45, 7) is 0. The predicted octanol–water partition coefficient (Wildman–Crippen LogP) is 3.65. The average molecular weight is 252 g/mol. The normalized spacial score (nSPS) is 10.1. The molecule has 0 saturated carbocycles. The lowest BCUT2D eigenvalue weighted by molar-refractivity contribution is 0.628. The van der Waals surface area contributed by atoms with Crippen molar-refractivity contribution in [2.75, 3.05) is 0 Å². The van der Waals surface area contributed by atoms with E-state index in [9.17, 15) is 4.39 Å². The zero-order valence-corrected chi connectivity index (χ0v) is 8.83. The molecule has 0 N–H and O–H groups in total. The van der Waals surface area contributed by atoms with Crippen molar-refractivity contribution in [2.24, 2.45) is 0 Å². The molecule has 0 saturated heterocycles. The molecule has 0 amide bonds. The third-order valence-corrected chi connectivity index (χ3v) is 2.30. The zero-order chi connectivity index (χ0) is 9.97. The maximum atomic E-state index is 12.9. The van der Waals surface area contributed by atoms with E-state index in [1.807, 2.05) is 12.1 Å². The molecule has 1 aromatic carbocycles. The van der Waals surface area contributed by atoms with Gasteiger partial charge in [-0.25, -0.2) is 4.39 Å². The summed E-state index contributed by atoms with van der Waals surface area (Å²) in [5, 5.41) is 0. The lowest BCUT2D eigenvalue weighted by Crippen LogP contribution is -1.81. The van der Waals surface area contributed by atoms with Crippen LogP contribution >= 0.6 is 15.9 Å². The van der Waals surface area contributed by atoms with Crippen molar-refractivity contribution in [1.29, 1.82) is 0 Å². The minimum Gasteiger partial charge on any atom is -0.263 e. The maximum absolute atomic E-state index is 12.9. The molecule has 0 bridgehead atoms. The van der Waals surface area contributed by atoms with Gasteiger partial charge in [-0.2, -0.15) is 0 Å². The third kappa shape index (κ3) is 1.99. The Bertz CT molecular complexity index is 413. The van der Waals surface area contributed by atoms with Crippen molar-refractivity contribution in [2.45, 2.75) is 0 Å². The Balaban J connectivity index is 2.49. The van der Waals surface area contributed by atoms with Gasteiger partial charge in [-0.3, -0.25) is 4.98 Å². The molecule has 1 heterocycles. The van der Waals surface area contributed by atoms with Gasteiger partial charge >= 0.3 is 0 Å². The van der Waals surface area contributed by atoms with E-state index in [-0.39, 0.29) is 5.82 Å². The van der Waals surface area contributed by atoms with Gasteiger partial charge in [-0.1, -0.05) is 12.1 Å². The summed E-state index contributed by atoms with van der Waals surface area (Å²) in [4.78, 5) is 4.02. The minimum absolute atomic E-state index is 0.234. The van der Waals surface area contributed by atoms with Crippen LogP contribution in [0.3, 0.4) is 0 Å². The highest BCUT2D eigenvalue weighted by Crippen LogP contribution is 2.21. The third-order valence-electron chi connectivity index (χ3n) is 1.86. The Morgan fingerprint density at radius 2 is 1.93 bits per heavy atom. The van der Waals surface area contributed by atoms with Gasteiger partial charge < -0.3 is 0 Å². The van der Waals surface area contributed by atoms with Crippen LogP contribution < -0.4 is 0 Å². The average Bonchev–Trinajstić information content (AvgIpc) is 2.18. The van der Waals surface area contributed by atoms with Gasteiger partial charge in [0.2, 0.25) is 0 Å². The van der Waals surface area contributed by atoms with Crippen LogP contribution in [0.1, 0.15) is 0 Å². The number of benzene rings is 1. The number of hydrogen-bond acceptors (Lipinski definition) is 1. The second-order valence-electron chi connectivity index (χ2n) is 2.90. The van der Waals surface area contributed by atoms with Crippen molar-refractivity contribution in [3.63, 3.8) is 0 Å². The van der Waals surface area contributed by atoms with Crippen molar-refractivity contribution >= 4 is 15.9 Å². The summed E-state index contributed by atoms with van der Waals surface area (Å²) >= 11 is 3.32. The molecule has 0 atom stereocenters. The lowest BCUT2D eigenvalue weighted by Gasteiger charge is -2.01. The fourth-order valence-corrected chi connectivity index (χ4v) is 1.60. The first-order chi connectivity index (χ1) is 6.75. The van der Waals surface area contributed by atoms with Crippen LogP contribution in [0.4, 0.5) is 4.39 Å². The van der Waals surface area contributed by atoms with Crippen LogP contribution in [-0.4, -0.2) is 4.98 Å². The summed E-state index contributed by atoms with van der Waals surface area (Å²) in [5.41, 5.74) is 1.73. The highest BCUT2D eigenvalue weighted by molar-refractivity contribution is 9.10. The number of hydrogen-bond donors (Lipinski definition) is 0.